The minimum Gasteiger partial charge on any atom is -0.361 e. The van der Waals surface area contributed by atoms with Crippen LogP contribution in [0.1, 0.15) is 47.6 Å². The van der Waals surface area contributed by atoms with E-state index in [1.54, 1.807) is 32.9 Å². The monoisotopic (exact) mass is 673 g/mol. The van der Waals surface area contributed by atoms with E-state index in [9.17, 15) is 29.3 Å². The van der Waals surface area contributed by atoms with Crippen LogP contribution in [0.5, 0.6) is 0 Å². The Labute approximate surface area is 282 Å². The smallest absolute Gasteiger partial charge is 0.274 e. The molecule has 0 aliphatic rings. The molecular formula is C35H36ClN5O7. The van der Waals surface area contributed by atoms with Gasteiger partial charge in [-0.05, 0) is 36.5 Å². The maximum absolute atomic E-state index is 14.0. The maximum Gasteiger partial charge on any atom is 0.274 e. The van der Waals surface area contributed by atoms with Crippen LogP contribution < -0.4 is 16.0 Å². The average molecular weight is 674 g/mol. The Morgan fingerprint density at radius 3 is 2.04 bits per heavy atom. The number of nitro benzene ring substituents is 1. The molecule has 0 spiro atoms. The zero-order valence-electron chi connectivity index (χ0n) is 26.6. The largest absolute Gasteiger partial charge is 0.361 e. The van der Waals surface area contributed by atoms with Gasteiger partial charge in [0.2, 0.25) is 11.8 Å². The number of hydrogen-bond donors (Lipinski definition) is 3. The summed E-state index contributed by atoms with van der Waals surface area (Å²) in [5, 5.41) is 23.1. The van der Waals surface area contributed by atoms with E-state index in [1.165, 1.54) is 18.2 Å². The van der Waals surface area contributed by atoms with Crippen molar-refractivity contribution in [2.75, 3.05) is 5.32 Å². The van der Waals surface area contributed by atoms with Gasteiger partial charge in [-0.15, -0.1) is 0 Å². The van der Waals surface area contributed by atoms with Crippen LogP contribution >= 0.6 is 11.6 Å². The van der Waals surface area contributed by atoms with E-state index < -0.39 is 40.6 Å². The van der Waals surface area contributed by atoms with Crippen LogP contribution in [0.3, 0.4) is 0 Å². The first kappa shape index (κ1) is 35.5. The molecule has 0 saturated carbocycles. The van der Waals surface area contributed by atoms with E-state index in [-0.39, 0.29) is 53.1 Å². The number of carbonyl (C=O) groups excluding carboxylic acids is 4. The number of rotatable bonds is 15. The summed E-state index contributed by atoms with van der Waals surface area (Å²) in [5.74, 6) is -2.86. The quantitative estimate of drug-likeness (QED) is 0.110. The van der Waals surface area contributed by atoms with Crippen molar-refractivity contribution in [2.45, 2.75) is 52.1 Å². The highest BCUT2D eigenvalue weighted by atomic mass is 35.5. The lowest BCUT2D eigenvalue weighted by atomic mass is 9.88. The SMILES string of the molecule is Cc1cc(C(=O)N[C@H](C(=O)C[C@H](Cc2ccccc2)C(=O)N[C@@H](Cc2ccccc2)C(=O)Nc2ccc([N+](=O)[O-])cc2Cl)C(C)C)no1. The molecule has 0 saturated heterocycles. The molecule has 0 aliphatic carbocycles. The lowest BCUT2D eigenvalue weighted by Crippen LogP contribution is -2.49. The Hall–Kier alpha value is -5.36. The van der Waals surface area contributed by atoms with Crippen LogP contribution in [0, 0.1) is 28.9 Å². The number of nitrogens with zero attached hydrogens (tertiary/aromatic N) is 2. The van der Waals surface area contributed by atoms with Crippen molar-refractivity contribution in [1.29, 1.82) is 0 Å². The van der Waals surface area contributed by atoms with Gasteiger partial charge in [-0.1, -0.05) is 91.3 Å². The molecule has 4 rings (SSSR count). The number of Topliss-reactive ketones (excluding diaryl/α,β-unsaturated/α-hetero) is 1. The standard InChI is InChI=1S/C35H36ClN5O7/c1-21(2)32(39-35(45)30-16-22(3)48-40-30)31(42)19-25(17-23-10-6-4-7-11-23)33(43)38-29(18-24-12-8-5-9-13-24)34(44)37-28-15-14-26(41(46)47)20-27(28)36/h4-16,20-21,25,29,32H,17-19H2,1-3H3,(H,37,44)(H,38,43)(H,39,45)/t25-,29-,32-/m0/s1. The Morgan fingerprint density at radius 2 is 1.50 bits per heavy atom. The Balaban J connectivity index is 1.58. The number of non-ortho nitro benzene ring substituents is 1. The Kier molecular flexibility index (Phi) is 12.2. The van der Waals surface area contributed by atoms with Gasteiger partial charge in [0.1, 0.15) is 11.8 Å². The molecule has 48 heavy (non-hydrogen) atoms. The van der Waals surface area contributed by atoms with E-state index in [0.717, 1.165) is 17.2 Å². The molecule has 3 amide bonds. The lowest BCUT2D eigenvalue weighted by Gasteiger charge is -2.25. The first-order valence-corrected chi connectivity index (χ1v) is 15.7. The van der Waals surface area contributed by atoms with Crippen molar-refractivity contribution in [3.05, 3.63) is 123 Å². The Bertz CT molecular complexity index is 1760. The molecule has 0 bridgehead atoms. The molecule has 250 valence electrons. The number of hydrogen-bond acceptors (Lipinski definition) is 8. The van der Waals surface area contributed by atoms with Crippen LogP contribution in [0.25, 0.3) is 0 Å². The number of nitro groups is 1. The molecule has 3 atom stereocenters. The zero-order chi connectivity index (χ0) is 34.8. The second-order valence-corrected chi connectivity index (χ2v) is 12.1. The molecule has 0 radical (unpaired) electrons. The van der Waals surface area contributed by atoms with Crippen LogP contribution in [0.4, 0.5) is 11.4 Å². The number of benzene rings is 3. The van der Waals surface area contributed by atoms with Crippen molar-refractivity contribution in [1.82, 2.24) is 15.8 Å². The summed E-state index contributed by atoms with van der Waals surface area (Å²) >= 11 is 6.23. The summed E-state index contributed by atoms with van der Waals surface area (Å²) in [6.45, 7) is 5.22. The van der Waals surface area contributed by atoms with Gasteiger partial charge in [0, 0.05) is 37.0 Å². The van der Waals surface area contributed by atoms with Gasteiger partial charge in [-0.25, -0.2) is 0 Å². The predicted octanol–water partition coefficient (Wildman–Crippen LogP) is 5.48. The zero-order valence-corrected chi connectivity index (χ0v) is 27.4. The van der Waals surface area contributed by atoms with Gasteiger partial charge >= 0.3 is 0 Å². The van der Waals surface area contributed by atoms with Crippen LogP contribution in [-0.4, -0.2) is 45.7 Å². The molecule has 1 aromatic heterocycles. The third-order valence-electron chi connectivity index (χ3n) is 7.64. The van der Waals surface area contributed by atoms with Gasteiger partial charge in [-0.3, -0.25) is 29.3 Å². The molecular weight excluding hydrogens is 638 g/mol. The van der Waals surface area contributed by atoms with Gasteiger partial charge in [-0.2, -0.15) is 0 Å². The van der Waals surface area contributed by atoms with Crippen LogP contribution in [0.15, 0.2) is 89.5 Å². The van der Waals surface area contributed by atoms with Crippen LogP contribution in [0.2, 0.25) is 5.02 Å². The normalized spacial score (nSPS) is 12.9. The predicted molar refractivity (Wildman–Crippen MR) is 179 cm³/mol. The highest BCUT2D eigenvalue weighted by Crippen LogP contribution is 2.27. The van der Waals surface area contributed by atoms with E-state index in [4.69, 9.17) is 16.1 Å². The highest BCUT2D eigenvalue weighted by molar-refractivity contribution is 6.34. The molecule has 0 fully saturated rings. The topological polar surface area (TPSA) is 174 Å². The van der Waals surface area contributed by atoms with Crippen molar-refractivity contribution in [2.24, 2.45) is 11.8 Å². The summed E-state index contributed by atoms with van der Waals surface area (Å²) in [7, 11) is 0. The fraction of sp³-hybridized carbons (Fsp3) is 0.286. The highest BCUT2D eigenvalue weighted by Gasteiger charge is 2.32. The molecule has 0 aliphatic heterocycles. The van der Waals surface area contributed by atoms with Crippen molar-refractivity contribution in [3.63, 3.8) is 0 Å². The number of nitrogens with one attached hydrogen (secondary N) is 3. The maximum atomic E-state index is 14.0. The van der Waals surface area contributed by atoms with E-state index in [0.29, 0.717) is 5.76 Å². The Morgan fingerprint density at radius 1 is 0.875 bits per heavy atom. The second kappa shape index (κ2) is 16.5. The molecule has 3 aromatic carbocycles. The van der Waals surface area contributed by atoms with Crippen LogP contribution in [-0.2, 0) is 27.2 Å². The number of anilines is 1. The number of aryl methyl sites for hydroxylation is 1. The van der Waals surface area contributed by atoms with E-state index in [1.807, 2.05) is 48.5 Å². The van der Waals surface area contributed by atoms with Crippen molar-refractivity contribution >= 4 is 46.5 Å². The number of ketones is 1. The van der Waals surface area contributed by atoms with Crippen molar-refractivity contribution < 1.29 is 28.6 Å². The minimum absolute atomic E-state index is 0.0346. The summed E-state index contributed by atoms with van der Waals surface area (Å²) in [4.78, 5) is 64.8. The van der Waals surface area contributed by atoms with Crippen molar-refractivity contribution in [3.8, 4) is 0 Å². The first-order valence-electron chi connectivity index (χ1n) is 15.3. The third-order valence-corrected chi connectivity index (χ3v) is 7.95. The average Bonchev–Trinajstić information content (AvgIpc) is 3.50. The summed E-state index contributed by atoms with van der Waals surface area (Å²) in [6, 6.07) is 21.3. The van der Waals surface area contributed by atoms with E-state index >= 15 is 0 Å². The fourth-order valence-electron chi connectivity index (χ4n) is 5.12. The first-order chi connectivity index (χ1) is 22.9. The second-order valence-electron chi connectivity index (χ2n) is 11.7. The summed E-state index contributed by atoms with van der Waals surface area (Å²) in [6.07, 6.45) is 0.0693. The number of carbonyl (C=O) groups is 4. The van der Waals surface area contributed by atoms with E-state index in [2.05, 4.69) is 21.1 Å². The number of halogens is 1. The van der Waals surface area contributed by atoms with Gasteiger partial charge in [0.05, 0.1) is 21.7 Å². The number of amides is 3. The minimum atomic E-state index is -1.10. The molecule has 3 N–H and O–H groups in total. The lowest BCUT2D eigenvalue weighted by molar-refractivity contribution is -0.384. The number of aromatic nitrogens is 1. The molecule has 13 heteroatoms. The molecule has 12 nitrogen and oxygen atoms in total. The molecule has 1 heterocycles. The molecule has 0 unspecified atom stereocenters. The van der Waals surface area contributed by atoms with Gasteiger partial charge in [0.15, 0.2) is 11.5 Å². The van der Waals surface area contributed by atoms with Gasteiger partial charge in [0.25, 0.3) is 11.6 Å². The fourth-order valence-corrected chi connectivity index (χ4v) is 5.34. The van der Waals surface area contributed by atoms with Gasteiger partial charge < -0.3 is 20.5 Å². The third kappa shape index (κ3) is 9.82. The summed E-state index contributed by atoms with van der Waals surface area (Å²) in [5.41, 5.74) is 1.48. The summed E-state index contributed by atoms with van der Waals surface area (Å²) < 4.78 is 4.99. The molecule has 4 aromatic rings.